The number of urea groups is 1. The number of benzene rings is 1. The molecule has 0 spiro atoms. The van der Waals surface area contributed by atoms with Gasteiger partial charge in [-0.1, -0.05) is 23.4 Å². The van der Waals surface area contributed by atoms with Gasteiger partial charge in [0.2, 0.25) is 6.39 Å². The molecule has 110 valence electrons. The molecule has 0 saturated heterocycles. The van der Waals surface area contributed by atoms with E-state index in [2.05, 4.69) is 25.3 Å². The number of carbonyl (C=O) groups excluding carboxylic acids is 1. The molecule has 2 aromatic rings. The number of amides is 2. The first-order valence-corrected chi connectivity index (χ1v) is 6.25. The monoisotopic (exact) mass is 290 g/mol. The zero-order chi connectivity index (χ0) is 15.1. The van der Waals surface area contributed by atoms with Gasteiger partial charge in [-0.05, 0) is 11.6 Å². The van der Waals surface area contributed by atoms with Crippen molar-refractivity contribution in [1.82, 2.24) is 15.5 Å². The highest BCUT2D eigenvalue weighted by atomic mass is 16.5. The van der Waals surface area contributed by atoms with Gasteiger partial charge < -0.3 is 20.3 Å². The Bertz CT molecular complexity index is 612. The van der Waals surface area contributed by atoms with Crippen molar-refractivity contribution in [2.24, 2.45) is 0 Å². The molecule has 1 heterocycles. The molecule has 0 atom stereocenters. The molecule has 0 fully saturated rings. The molecule has 2 amide bonds. The Morgan fingerprint density at radius 3 is 2.81 bits per heavy atom. The Hall–Kier alpha value is -2.90. The molecule has 0 aliphatic heterocycles. The van der Waals surface area contributed by atoms with Crippen LogP contribution in [0.4, 0.5) is 10.5 Å². The first-order valence-electron chi connectivity index (χ1n) is 6.25. The minimum absolute atomic E-state index is 0.153. The second-order valence-electron chi connectivity index (χ2n) is 4.21. The van der Waals surface area contributed by atoms with Gasteiger partial charge >= 0.3 is 12.0 Å². The van der Waals surface area contributed by atoms with E-state index >= 15 is 0 Å². The quantitative estimate of drug-likeness (QED) is 0.732. The maximum atomic E-state index is 11.7. The van der Waals surface area contributed by atoms with Gasteiger partial charge in [-0.3, -0.25) is 4.79 Å². The van der Waals surface area contributed by atoms with Crippen molar-refractivity contribution in [3.05, 3.63) is 42.0 Å². The van der Waals surface area contributed by atoms with Crippen LogP contribution in [0, 0.1) is 0 Å². The van der Waals surface area contributed by atoms with E-state index in [1.54, 1.807) is 24.3 Å². The lowest BCUT2D eigenvalue weighted by Crippen LogP contribution is -2.31. The zero-order valence-electron chi connectivity index (χ0n) is 11.1. The van der Waals surface area contributed by atoms with E-state index in [-0.39, 0.29) is 6.42 Å². The van der Waals surface area contributed by atoms with Crippen molar-refractivity contribution < 1.29 is 19.2 Å². The fourth-order valence-electron chi connectivity index (χ4n) is 1.72. The number of para-hydroxylation sites is 1. The third kappa shape index (κ3) is 4.60. The van der Waals surface area contributed by atoms with Crippen LogP contribution in [0.1, 0.15) is 11.4 Å². The summed E-state index contributed by atoms with van der Waals surface area (Å²) >= 11 is 0. The molecule has 8 heteroatoms. The summed E-state index contributed by atoms with van der Waals surface area (Å²) in [6.07, 6.45) is 1.51. The van der Waals surface area contributed by atoms with Crippen molar-refractivity contribution in [2.45, 2.75) is 12.8 Å². The predicted molar refractivity (Wildman–Crippen MR) is 72.8 cm³/mol. The van der Waals surface area contributed by atoms with Crippen LogP contribution in [0.3, 0.4) is 0 Å². The standard InChI is InChI=1S/C13H14N4O4/c18-12(19)7-9-3-1-2-4-10(9)16-13(20)14-6-5-11-15-8-21-17-11/h1-4,8H,5-7H2,(H,18,19)(H2,14,16,20). The molecule has 2 rings (SSSR count). The van der Waals surface area contributed by atoms with Crippen molar-refractivity contribution >= 4 is 17.7 Å². The normalized spacial score (nSPS) is 10.1. The zero-order valence-corrected chi connectivity index (χ0v) is 11.1. The molecule has 1 aromatic carbocycles. The molecule has 0 radical (unpaired) electrons. The number of carbonyl (C=O) groups is 2. The van der Waals surface area contributed by atoms with Gasteiger partial charge in [0.1, 0.15) is 0 Å². The number of rotatable bonds is 6. The molecule has 0 unspecified atom stereocenters. The summed E-state index contributed by atoms with van der Waals surface area (Å²) in [6, 6.07) is 6.33. The summed E-state index contributed by atoms with van der Waals surface area (Å²) < 4.78 is 4.58. The van der Waals surface area contributed by atoms with E-state index in [4.69, 9.17) is 5.11 Å². The summed E-state index contributed by atoms with van der Waals surface area (Å²) in [5, 5.41) is 17.7. The Morgan fingerprint density at radius 1 is 1.29 bits per heavy atom. The second-order valence-corrected chi connectivity index (χ2v) is 4.21. The number of carboxylic acid groups (broad SMARTS) is 1. The van der Waals surface area contributed by atoms with Crippen LogP contribution in [-0.2, 0) is 17.6 Å². The van der Waals surface area contributed by atoms with Gasteiger partial charge in [-0.25, -0.2) is 4.79 Å². The smallest absolute Gasteiger partial charge is 0.319 e. The van der Waals surface area contributed by atoms with Gasteiger partial charge in [0.15, 0.2) is 5.82 Å². The van der Waals surface area contributed by atoms with Crippen LogP contribution in [0.25, 0.3) is 0 Å². The first-order chi connectivity index (χ1) is 10.1. The minimum atomic E-state index is -0.957. The molecule has 21 heavy (non-hydrogen) atoms. The van der Waals surface area contributed by atoms with Gasteiger partial charge in [-0.15, -0.1) is 0 Å². The Morgan fingerprint density at radius 2 is 2.10 bits per heavy atom. The van der Waals surface area contributed by atoms with E-state index in [1.165, 1.54) is 6.39 Å². The van der Waals surface area contributed by atoms with Crippen LogP contribution >= 0.6 is 0 Å². The van der Waals surface area contributed by atoms with E-state index in [1.807, 2.05) is 0 Å². The molecule has 0 aliphatic rings. The second kappa shape index (κ2) is 7.04. The molecule has 8 nitrogen and oxygen atoms in total. The van der Waals surface area contributed by atoms with Crippen molar-refractivity contribution in [3.8, 4) is 0 Å². The number of anilines is 1. The Kier molecular flexibility index (Phi) is 4.86. The lowest BCUT2D eigenvalue weighted by molar-refractivity contribution is -0.136. The highest BCUT2D eigenvalue weighted by molar-refractivity contribution is 5.90. The highest BCUT2D eigenvalue weighted by Gasteiger charge is 2.09. The number of nitrogens with zero attached hydrogens (tertiary/aromatic N) is 2. The summed E-state index contributed by atoms with van der Waals surface area (Å²) in [6.45, 7) is 0.340. The van der Waals surface area contributed by atoms with Gasteiger partial charge in [0, 0.05) is 18.7 Å². The molecule has 0 bridgehead atoms. The van der Waals surface area contributed by atoms with Crippen LogP contribution in [-0.4, -0.2) is 33.8 Å². The fraction of sp³-hybridized carbons (Fsp3) is 0.231. The molecular weight excluding hydrogens is 276 g/mol. The lowest BCUT2D eigenvalue weighted by Gasteiger charge is -2.10. The molecule has 0 saturated carbocycles. The third-order valence-electron chi connectivity index (χ3n) is 2.65. The van der Waals surface area contributed by atoms with E-state index in [0.29, 0.717) is 30.0 Å². The maximum Gasteiger partial charge on any atom is 0.319 e. The van der Waals surface area contributed by atoms with Crippen molar-refractivity contribution in [1.29, 1.82) is 0 Å². The average Bonchev–Trinajstić information content (AvgIpc) is 2.93. The molecular formula is C13H14N4O4. The predicted octanol–water partition coefficient (Wildman–Crippen LogP) is 1.06. The topological polar surface area (TPSA) is 117 Å². The van der Waals surface area contributed by atoms with Crippen LogP contribution in [0.2, 0.25) is 0 Å². The average molecular weight is 290 g/mol. The molecule has 3 N–H and O–H groups in total. The number of carboxylic acids is 1. The summed E-state index contributed by atoms with van der Waals surface area (Å²) in [5.74, 6) is -0.455. The van der Waals surface area contributed by atoms with Gasteiger partial charge in [0.05, 0.1) is 6.42 Å². The van der Waals surface area contributed by atoms with Crippen molar-refractivity contribution in [2.75, 3.05) is 11.9 Å². The summed E-state index contributed by atoms with van der Waals surface area (Å²) in [7, 11) is 0. The number of aliphatic carboxylic acids is 1. The van der Waals surface area contributed by atoms with Crippen LogP contribution < -0.4 is 10.6 Å². The van der Waals surface area contributed by atoms with E-state index in [0.717, 1.165) is 0 Å². The highest BCUT2D eigenvalue weighted by Crippen LogP contribution is 2.15. The van der Waals surface area contributed by atoms with Gasteiger partial charge in [-0.2, -0.15) is 4.98 Å². The van der Waals surface area contributed by atoms with Gasteiger partial charge in [0.25, 0.3) is 0 Å². The maximum absolute atomic E-state index is 11.7. The van der Waals surface area contributed by atoms with E-state index in [9.17, 15) is 9.59 Å². The number of nitrogens with one attached hydrogen (secondary N) is 2. The van der Waals surface area contributed by atoms with Crippen molar-refractivity contribution in [3.63, 3.8) is 0 Å². The summed E-state index contributed by atoms with van der Waals surface area (Å²) in [4.78, 5) is 26.3. The first kappa shape index (κ1) is 14.5. The summed E-state index contributed by atoms with van der Waals surface area (Å²) in [5.41, 5.74) is 1.01. The largest absolute Gasteiger partial charge is 0.481 e. The van der Waals surface area contributed by atoms with E-state index < -0.39 is 12.0 Å². The molecule has 1 aromatic heterocycles. The lowest BCUT2D eigenvalue weighted by atomic mass is 10.1. The SMILES string of the molecule is O=C(O)Cc1ccccc1NC(=O)NCCc1ncon1. The molecule has 0 aliphatic carbocycles. The van der Waals surface area contributed by atoms with Crippen LogP contribution in [0.5, 0.6) is 0 Å². The van der Waals surface area contributed by atoms with Crippen LogP contribution in [0.15, 0.2) is 35.2 Å². The number of aromatic nitrogens is 2. The Balaban J connectivity index is 1.86. The number of hydrogen-bond acceptors (Lipinski definition) is 5. The Labute approximate surface area is 120 Å². The fourth-order valence-corrected chi connectivity index (χ4v) is 1.72. The third-order valence-corrected chi connectivity index (χ3v) is 2.65. The minimum Gasteiger partial charge on any atom is -0.481 e. The number of hydrogen-bond donors (Lipinski definition) is 3.